The van der Waals surface area contributed by atoms with E-state index in [4.69, 9.17) is 14.2 Å². The highest BCUT2D eigenvalue weighted by molar-refractivity contribution is 5.81. The number of hydrogen-bond donors (Lipinski definition) is 0. The average Bonchev–Trinajstić information content (AvgIpc) is 2.96. The van der Waals surface area contributed by atoms with Crippen LogP contribution in [-0.4, -0.2) is 35.2 Å². The standard InChI is InChI=1S/C27H42O6/c1-8-26(6,15-24(2,3)22(29)31-20-14-21(28)32-25(20,4)5)23(30)33-27(7)18-10-16-9-17(12-18)13-19(27)11-16/h16-20H,8-15H2,1-7H3. The van der Waals surface area contributed by atoms with Gasteiger partial charge in [-0.3, -0.25) is 14.4 Å². The third-order valence-electron chi connectivity index (χ3n) is 9.48. The second-order valence-electron chi connectivity index (χ2n) is 13.0. The summed E-state index contributed by atoms with van der Waals surface area (Å²) in [6.07, 6.45) is 6.40. The quantitative estimate of drug-likeness (QED) is 0.381. The van der Waals surface area contributed by atoms with Crippen LogP contribution in [0.4, 0.5) is 0 Å². The summed E-state index contributed by atoms with van der Waals surface area (Å²) in [4.78, 5) is 38.5. The zero-order valence-corrected chi connectivity index (χ0v) is 21.5. The number of esters is 3. The Bertz CT molecular complexity index is 798. The first kappa shape index (κ1) is 24.5. The van der Waals surface area contributed by atoms with E-state index < -0.39 is 34.1 Å². The fourth-order valence-electron chi connectivity index (χ4n) is 7.27. The van der Waals surface area contributed by atoms with E-state index in [0.29, 0.717) is 24.7 Å². The van der Waals surface area contributed by atoms with Crippen LogP contribution in [0.25, 0.3) is 0 Å². The van der Waals surface area contributed by atoms with E-state index in [2.05, 4.69) is 6.92 Å². The Labute approximate surface area is 198 Å². The fraction of sp³-hybridized carbons (Fsp3) is 0.889. The van der Waals surface area contributed by atoms with Crippen LogP contribution in [0, 0.1) is 34.5 Å². The molecule has 0 aromatic carbocycles. The minimum absolute atomic E-state index is 0.0605. The van der Waals surface area contributed by atoms with Gasteiger partial charge in [0.05, 0.1) is 17.3 Å². The third kappa shape index (κ3) is 4.32. The van der Waals surface area contributed by atoms with Crippen molar-refractivity contribution in [2.45, 2.75) is 117 Å². The summed E-state index contributed by atoms with van der Waals surface area (Å²) in [5.41, 5.74) is -2.94. The van der Waals surface area contributed by atoms with Gasteiger partial charge in [-0.2, -0.15) is 0 Å². The minimum atomic E-state index is -0.906. The van der Waals surface area contributed by atoms with Crippen molar-refractivity contribution in [2.75, 3.05) is 0 Å². The third-order valence-corrected chi connectivity index (χ3v) is 9.48. The summed E-state index contributed by atoms with van der Waals surface area (Å²) in [5.74, 6) is 1.56. The van der Waals surface area contributed by atoms with Gasteiger partial charge in [-0.15, -0.1) is 0 Å². The van der Waals surface area contributed by atoms with Gasteiger partial charge >= 0.3 is 17.9 Å². The number of cyclic esters (lactones) is 1. The van der Waals surface area contributed by atoms with Crippen molar-refractivity contribution >= 4 is 17.9 Å². The molecule has 33 heavy (non-hydrogen) atoms. The lowest BCUT2D eigenvalue weighted by Crippen LogP contribution is -2.59. The van der Waals surface area contributed by atoms with Crippen molar-refractivity contribution in [3.8, 4) is 0 Å². The lowest BCUT2D eigenvalue weighted by Gasteiger charge is -2.59. The Morgan fingerprint density at radius 3 is 1.97 bits per heavy atom. The van der Waals surface area contributed by atoms with Crippen molar-refractivity contribution in [1.82, 2.24) is 0 Å². The molecule has 2 atom stereocenters. The maximum atomic E-state index is 13.6. The van der Waals surface area contributed by atoms with Gasteiger partial charge in [-0.1, -0.05) is 6.92 Å². The van der Waals surface area contributed by atoms with Crippen LogP contribution in [0.1, 0.15) is 99.8 Å². The van der Waals surface area contributed by atoms with Crippen LogP contribution in [-0.2, 0) is 28.6 Å². The van der Waals surface area contributed by atoms with Gasteiger partial charge in [-0.05, 0) is 110 Å². The van der Waals surface area contributed by atoms with Crippen LogP contribution in [0.2, 0.25) is 0 Å². The summed E-state index contributed by atoms with van der Waals surface area (Å²) < 4.78 is 17.5. The summed E-state index contributed by atoms with van der Waals surface area (Å²) in [6.45, 7) is 13.2. The molecule has 5 rings (SSSR count). The Balaban J connectivity index is 1.44. The normalized spacial score (nSPS) is 38.5. The zero-order chi connectivity index (χ0) is 24.4. The van der Waals surface area contributed by atoms with Crippen LogP contribution >= 0.6 is 0 Å². The first-order chi connectivity index (χ1) is 15.2. The van der Waals surface area contributed by atoms with Crippen molar-refractivity contribution < 1.29 is 28.6 Å². The molecule has 0 aromatic heterocycles. The molecule has 4 aliphatic carbocycles. The maximum absolute atomic E-state index is 13.6. The van der Waals surface area contributed by atoms with Gasteiger partial charge in [0.2, 0.25) is 0 Å². The first-order valence-corrected chi connectivity index (χ1v) is 12.8. The van der Waals surface area contributed by atoms with Crippen molar-refractivity contribution in [1.29, 1.82) is 0 Å². The molecule has 2 unspecified atom stereocenters. The van der Waals surface area contributed by atoms with Gasteiger partial charge in [0, 0.05) is 0 Å². The largest absolute Gasteiger partial charge is 0.458 e. The van der Waals surface area contributed by atoms with Gasteiger partial charge in [0.25, 0.3) is 0 Å². The number of ether oxygens (including phenoxy) is 3. The van der Waals surface area contributed by atoms with Crippen molar-refractivity contribution in [2.24, 2.45) is 34.5 Å². The number of carbonyl (C=O) groups is 3. The van der Waals surface area contributed by atoms with Gasteiger partial charge in [0.1, 0.15) is 11.2 Å². The summed E-state index contributed by atoms with van der Waals surface area (Å²) in [7, 11) is 0. The van der Waals surface area contributed by atoms with Crippen LogP contribution in [0.5, 0.6) is 0 Å². The molecule has 1 heterocycles. The van der Waals surface area contributed by atoms with Crippen LogP contribution < -0.4 is 0 Å². The summed E-state index contributed by atoms with van der Waals surface area (Å²) >= 11 is 0. The van der Waals surface area contributed by atoms with E-state index >= 15 is 0 Å². The van der Waals surface area contributed by atoms with Gasteiger partial charge in [0.15, 0.2) is 6.10 Å². The Morgan fingerprint density at radius 1 is 0.970 bits per heavy atom. The number of carbonyl (C=O) groups excluding carboxylic acids is 3. The molecule has 6 heteroatoms. The van der Waals surface area contributed by atoms with E-state index in [-0.39, 0.29) is 18.4 Å². The van der Waals surface area contributed by atoms with Gasteiger partial charge < -0.3 is 14.2 Å². The van der Waals surface area contributed by atoms with Crippen molar-refractivity contribution in [3.63, 3.8) is 0 Å². The molecule has 5 fully saturated rings. The molecule has 4 saturated carbocycles. The molecule has 0 N–H and O–H groups in total. The van der Waals surface area contributed by atoms with E-state index in [1.54, 1.807) is 13.8 Å². The molecule has 0 spiro atoms. The Morgan fingerprint density at radius 2 is 1.52 bits per heavy atom. The molecule has 1 saturated heterocycles. The molecule has 6 nitrogen and oxygen atoms in total. The summed E-state index contributed by atoms with van der Waals surface area (Å²) in [6, 6.07) is 0. The van der Waals surface area contributed by atoms with Crippen LogP contribution in [0.3, 0.4) is 0 Å². The molecule has 1 aliphatic heterocycles. The van der Waals surface area contributed by atoms with Crippen molar-refractivity contribution in [3.05, 3.63) is 0 Å². The molecular weight excluding hydrogens is 420 g/mol. The highest BCUT2D eigenvalue weighted by atomic mass is 16.6. The molecule has 0 aromatic rings. The topological polar surface area (TPSA) is 78.9 Å². The molecule has 0 amide bonds. The lowest BCUT2D eigenvalue weighted by molar-refractivity contribution is -0.213. The fourth-order valence-corrected chi connectivity index (χ4v) is 7.27. The maximum Gasteiger partial charge on any atom is 0.312 e. The molecule has 186 valence electrons. The van der Waals surface area contributed by atoms with Crippen LogP contribution in [0.15, 0.2) is 0 Å². The SMILES string of the molecule is CCC(C)(CC(C)(C)C(=O)OC1CC(=O)OC1(C)C)C(=O)OC1(C)C2CC3CC(C2)CC1C3. The molecule has 5 aliphatic rings. The predicted molar refractivity (Wildman–Crippen MR) is 123 cm³/mol. The summed E-state index contributed by atoms with van der Waals surface area (Å²) in [5, 5.41) is 0. The average molecular weight is 463 g/mol. The monoisotopic (exact) mass is 462 g/mol. The minimum Gasteiger partial charge on any atom is -0.458 e. The molecule has 4 bridgehead atoms. The highest BCUT2D eigenvalue weighted by Crippen LogP contribution is 2.60. The molecule has 0 radical (unpaired) electrons. The first-order valence-electron chi connectivity index (χ1n) is 12.8. The van der Waals surface area contributed by atoms with E-state index in [9.17, 15) is 14.4 Å². The van der Waals surface area contributed by atoms with E-state index in [1.807, 2.05) is 27.7 Å². The molecular formula is C27H42O6. The lowest BCUT2D eigenvalue weighted by atomic mass is 9.50. The second-order valence-corrected chi connectivity index (χ2v) is 13.0. The van der Waals surface area contributed by atoms with E-state index in [0.717, 1.165) is 11.8 Å². The highest BCUT2D eigenvalue weighted by Gasteiger charge is 2.58. The smallest absolute Gasteiger partial charge is 0.312 e. The van der Waals surface area contributed by atoms with E-state index in [1.165, 1.54) is 32.1 Å². The Hall–Kier alpha value is -1.59. The number of rotatable bonds is 7. The predicted octanol–water partition coefficient (Wildman–Crippen LogP) is 5.21. The number of hydrogen-bond acceptors (Lipinski definition) is 6. The van der Waals surface area contributed by atoms with Gasteiger partial charge in [-0.25, -0.2) is 0 Å². The second kappa shape index (κ2) is 7.98. The Kier molecular flexibility index (Phi) is 5.93. The zero-order valence-electron chi connectivity index (χ0n) is 21.5.